The van der Waals surface area contributed by atoms with Crippen LogP contribution >= 0.6 is 24.2 Å². The Morgan fingerprint density at radius 1 is 1.69 bits per heavy atom. The molecule has 4 nitrogen and oxygen atoms in total. The lowest BCUT2D eigenvalue weighted by molar-refractivity contribution is 0.719. The average Bonchev–Trinajstić information content (AvgIpc) is 2.47. The van der Waals surface area contributed by atoms with Gasteiger partial charge in [-0.2, -0.15) is 0 Å². The number of aromatic nitrogens is 3. The molecule has 0 amide bonds. The molecular weight excluding hydrogens is 208 g/mol. The number of rotatable bonds is 4. The summed E-state index contributed by atoms with van der Waals surface area (Å²) in [4.78, 5) is 0. The third-order valence-electron chi connectivity index (χ3n) is 1.62. The summed E-state index contributed by atoms with van der Waals surface area (Å²) in [5.74, 6) is 0.906. The Labute approximate surface area is 88.7 Å². The number of hydrogen-bond donors (Lipinski definition) is 1. The van der Waals surface area contributed by atoms with Crippen molar-refractivity contribution in [3.8, 4) is 0 Å². The Bertz CT molecular complexity index is 240. The Kier molecular flexibility index (Phi) is 6.11. The van der Waals surface area contributed by atoms with Gasteiger partial charge < -0.3 is 10.3 Å². The van der Waals surface area contributed by atoms with Gasteiger partial charge in [-0.3, -0.25) is 0 Å². The zero-order chi connectivity index (χ0) is 8.97. The van der Waals surface area contributed by atoms with Crippen LogP contribution in [-0.4, -0.2) is 26.6 Å². The summed E-state index contributed by atoms with van der Waals surface area (Å²) in [5.41, 5.74) is 5.76. The average molecular weight is 223 g/mol. The van der Waals surface area contributed by atoms with Crippen molar-refractivity contribution in [2.45, 2.75) is 24.5 Å². The molecule has 0 aliphatic carbocycles. The molecular formula is C7H15ClN4S. The molecule has 1 rings (SSSR count). The highest BCUT2D eigenvalue weighted by Gasteiger charge is 2.04. The molecule has 2 N–H and O–H groups in total. The molecule has 1 aromatic heterocycles. The van der Waals surface area contributed by atoms with Gasteiger partial charge in [0.25, 0.3) is 0 Å². The molecule has 0 saturated carbocycles. The van der Waals surface area contributed by atoms with Crippen LogP contribution in [0.4, 0.5) is 0 Å². The fourth-order valence-electron chi connectivity index (χ4n) is 0.703. The topological polar surface area (TPSA) is 56.7 Å². The van der Waals surface area contributed by atoms with E-state index in [9.17, 15) is 0 Å². The smallest absolute Gasteiger partial charge is 0.190 e. The molecule has 76 valence electrons. The van der Waals surface area contributed by atoms with Crippen LogP contribution in [0.2, 0.25) is 0 Å². The summed E-state index contributed by atoms with van der Waals surface area (Å²) in [6.45, 7) is 2.09. The largest absolute Gasteiger partial charge is 0.327 e. The summed E-state index contributed by atoms with van der Waals surface area (Å²) in [6, 6.07) is 0.256. The number of aryl methyl sites for hydroxylation is 1. The zero-order valence-corrected chi connectivity index (χ0v) is 9.44. The van der Waals surface area contributed by atoms with Crippen molar-refractivity contribution in [1.29, 1.82) is 0 Å². The van der Waals surface area contributed by atoms with Crippen molar-refractivity contribution < 1.29 is 0 Å². The van der Waals surface area contributed by atoms with E-state index in [1.165, 1.54) is 0 Å². The first-order chi connectivity index (χ1) is 5.74. The molecule has 1 heterocycles. The quantitative estimate of drug-likeness (QED) is 0.775. The second-order valence-corrected chi connectivity index (χ2v) is 3.69. The molecule has 13 heavy (non-hydrogen) atoms. The van der Waals surface area contributed by atoms with Crippen LogP contribution in [0.15, 0.2) is 11.5 Å². The lowest BCUT2D eigenvalue weighted by Gasteiger charge is -2.06. The van der Waals surface area contributed by atoms with Gasteiger partial charge in [0.15, 0.2) is 5.16 Å². The molecule has 0 fully saturated rings. The predicted molar refractivity (Wildman–Crippen MR) is 57.2 cm³/mol. The highest BCUT2D eigenvalue weighted by Crippen LogP contribution is 2.14. The van der Waals surface area contributed by atoms with Crippen LogP contribution in [0.5, 0.6) is 0 Å². The van der Waals surface area contributed by atoms with Crippen molar-refractivity contribution in [1.82, 2.24) is 14.8 Å². The number of halogens is 1. The molecule has 1 unspecified atom stereocenters. The van der Waals surface area contributed by atoms with Crippen LogP contribution < -0.4 is 5.73 Å². The summed E-state index contributed by atoms with van der Waals surface area (Å²) in [7, 11) is 1.93. The predicted octanol–water partition coefficient (Wildman–Crippen LogP) is 1.07. The summed E-state index contributed by atoms with van der Waals surface area (Å²) >= 11 is 1.65. The van der Waals surface area contributed by atoms with E-state index in [2.05, 4.69) is 17.1 Å². The van der Waals surface area contributed by atoms with Gasteiger partial charge in [0, 0.05) is 18.8 Å². The molecule has 1 aromatic rings. The van der Waals surface area contributed by atoms with Crippen LogP contribution in [-0.2, 0) is 7.05 Å². The lowest BCUT2D eigenvalue weighted by Crippen LogP contribution is -2.21. The minimum Gasteiger partial charge on any atom is -0.327 e. The number of nitrogens with two attached hydrogens (primary N) is 1. The Morgan fingerprint density at radius 3 is 2.85 bits per heavy atom. The minimum absolute atomic E-state index is 0. The number of thioether (sulfide) groups is 1. The highest BCUT2D eigenvalue weighted by atomic mass is 35.5. The van der Waals surface area contributed by atoms with Crippen molar-refractivity contribution in [2.24, 2.45) is 12.8 Å². The van der Waals surface area contributed by atoms with Crippen molar-refractivity contribution in [3.05, 3.63) is 6.33 Å². The maximum Gasteiger partial charge on any atom is 0.190 e. The second-order valence-electron chi connectivity index (χ2n) is 2.70. The van der Waals surface area contributed by atoms with E-state index in [-0.39, 0.29) is 18.4 Å². The van der Waals surface area contributed by atoms with Crippen LogP contribution in [0.3, 0.4) is 0 Å². The van der Waals surface area contributed by atoms with Crippen molar-refractivity contribution in [2.75, 3.05) is 5.75 Å². The first-order valence-electron chi connectivity index (χ1n) is 3.96. The zero-order valence-electron chi connectivity index (χ0n) is 7.80. The second kappa shape index (κ2) is 6.23. The van der Waals surface area contributed by atoms with Gasteiger partial charge in [0.2, 0.25) is 0 Å². The summed E-state index contributed by atoms with van der Waals surface area (Å²) in [6.07, 6.45) is 2.70. The number of hydrogen-bond acceptors (Lipinski definition) is 4. The van der Waals surface area contributed by atoms with E-state index in [0.29, 0.717) is 0 Å². The van der Waals surface area contributed by atoms with Crippen LogP contribution in [0.25, 0.3) is 0 Å². The fraction of sp³-hybridized carbons (Fsp3) is 0.714. The minimum atomic E-state index is 0. The Morgan fingerprint density at radius 2 is 2.38 bits per heavy atom. The van der Waals surface area contributed by atoms with Crippen molar-refractivity contribution >= 4 is 24.2 Å². The normalized spacial score (nSPS) is 12.2. The van der Waals surface area contributed by atoms with Crippen LogP contribution in [0.1, 0.15) is 13.3 Å². The van der Waals surface area contributed by atoms with Gasteiger partial charge in [-0.1, -0.05) is 18.7 Å². The standard InChI is InChI=1S/C7H14N4S.ClH/c1-3-6(8)4-12-7-10-9-5-11(7)2;/h5-6H,3-4,8H2,1-2H3;1H. The van der Waals surface area contributed by atoms with Gasteiger partial charge in [-0.05, 0) is 6.42 Å². The van der Waals surface area contributed by atoms with Gasteiger partial charge in [0.1, 0.15) is 6.33 Å². The van der Waals surface area contributed by atoms with E-state index in [0.717, 1.165) is 17.3 Å². The highest BCUT2D eigenvalue weighted by molar-refractivity contribution is 7.99. The lowest BCUT2D eigenvalue weighted by atomic mass is 10.3. The molecule has 0 aliphatic heterocycles. The summed E-state index contributed by atoms with van der Waals surface area (Å²) < 4.78 is 1.90. The van der Waals surface area contributed by atoms with E-state index in [1.54, 1.807) is 18.1 Å². The SMILES string of the molecule is CCC(N)CSc1nncn1C.Cl. The van der Waals surface area contributed by atoms with Gasteiger partial charge in [0.05, 0.1) is 0 Å². The first kappa shape index (κ1) is 12.7. The van der Waals surface area contributed by atoms with Gasteiger partial charge in [-0.15, -0.1) is 22.6 Å². The molecule has 0 aromatic carbocycles. The third-order valence-corrected chi connectivity index (χ3v) is 2.84. The molecule has 0 spiro atoms. The van der Waals surface area contributed by atoms with E-state index < -0.39 is 0 Å². The molecule has 0 saturated heterocycles. The number of nitrogens with zero attached hydrogens (tertiary/aromatic N) is 3. The van der Waals surface area contributed by atoms with E-state index in [1.807, 2.05) is 11.6 Å². The van der Waals surface area contributed by atoms with E-state index >= 15 is 0 Å². The Balaban J connectivity index is 0.00000144. The maximum absolute atomic E-state index is 5.76. The summed E-state index contributed by atoms with van der Waals surface area (Å²) in [5, 5.41) is 8.65. The molecule has 1 atom stereocenters. The van der Waals surface area contributed by atoms with Gasteiger partial charge in [-0.25, -0.2) is 0 Å². The molecule has 6 heteroatoms. The molecule has 0 radical (unpaired) electrons. The molecule has 0 bridgehead atoms. The third kappa shape index (κ3) is 3.97. The fourth-order valence-corrected chi connectivity index (χ4v) is 1.66. The molecule has 0 aliphatic rings. The first-order valence-corrected chi connectivity index (χ1v) is 4.95. The maximum atomic E-state index is 5.76. The monoisotopic (exact) mass is 222 g/mol. The van der Waals surface area contributed by atoms with E-state index in [4.69, 9.17) is 5.73 Å². The Hall–Kier alpha value is -0.260. The van der Waals surface area contributed by atoms with Crippen LogP contribution in [0, 0.1) is 0 Å². The van der Waals surface area contributed by atoms with Crippen molar-refractivity contribution in [3.63, 3.8) is 0 Å². The van der Waals surface area contributed by atoms with Gasteiger partial charge >= 0.3 is 0 Å².